The predicted octanol–water partition coefficient (Wildman–Crippen LogP) is 6.06. The van der Waals surface area contributed by atoms with Crippen LogP contribution in [0.5, 0.6) is 0 Å². The van der Waals surface area contributed by atoms with Gasteiger partial charge in [0.15, 0.2) is 0 Å². The molecular weight excluding hydrogens is 412 g/mol. The van der Waals surface area contributed by atoms with Crippen molar-refractivity contribution in [1.82, 2.24) is 0 Å². The van der Waals surface area contributed by atoms with Gasteiger partial charge >= 0.3 is 5.97 Å². The molecule has 33 heavy (non-hydrogen) atoms. The summed E-state index contributed by atoms with van der Waals surface area (Å²) >= 11 is 0. The van der Waals surface area contributed by atoms with E-state index in [0.717, 1.165) is 45.3 Å². The lowest BCUT2D eigenvalue weighted by atomic mass is 9.70. The van der Waals surface area contributed by atoms with Gasteiger partial charge in [0.05, 0.1) is 25.9 Å². The largest absolute Gasteiger partial charge is 0.481 e. The second kappa shape index (κ2) is 11.6. The Morgan fingerprint density at radius 3 is 2.52 bits per heavy atom. The summed E-state index contributed by atoms with van der Waals surface area (Å²) in [5, 5.41) is 8.85. The Balaban J connectivity index is 1.39. The fourth-order valence-electron chi connectivity index (χ4n) is 5.70. The maximum Gasteiger partial charge on any atom is 0.303 e. The summed E-state index contributed by atoms with van der Waals surface area (Å²) in [6, 6.07) is 21.1. The highest BCUT2D eigenvalue weighted by molar-refractivity contribution is 5.66. The van der Waals surface area contributed by atoms with Crippen LogP contribution in [-0.2, 0) is 27.3 Å². The zero-order valence-electron chi connectivity index (χ0n) is 19.4. The van der Waals surface area contributed by atoms with Crippen molar-refractivity contribution in [2.45, 2.75) is 57.7 Å². The molecule has 1 saturated carbocycles. The van der Waals surface area contributed by atoms with E-state index in [-0.39, 0.29) is 17.9 Å². The van der Waals surface area contributed by atoms with Crippen LogP contribution in [-0.4, -0.2) is 30.4 Å². The summed E-state index contributed by atoms with van der Waals surface area (Å²) < 4.78 is 12.5. The van der Waals surface area contributed by atoms with Gasteiger partial charge in [-0.25, -0.2) is 0 Å². The Hall–Kier alpha value is -2.43. The van der Waals surface area contributed by atoms with Crippen LogP contribution in [0.3, 0.4) is 0 Å². The van der Waals surface area contributed by atoms with Crippen molar-refractivity contribution in [2.24, 2.45) is 17.3 Å². The molecule has 1 aliphatic carbocycles. The van der Waals surface area contributed by atoms with Gasteiger partial charge in [0.2, 0.25) is 0 Å². The van der Waals surface area contributed by atoms with Crippen molar-refractivity contribution in [1.29, 1.82) is 0 Å². The van der Waals surface area contributed by atoms with Gasteiger partial charge < -0.3 is 14.6 Å². The molecule has 2 bridgehead atoms. The van der Waals surface area contributed by atoms with Gasteiger partial charge in [-0.3, -0.25) is 4.79 Å². The standard InChI is InChI=1S/C29H36O4/c30-28(31)16-10-2-1-9-15-26-25(21-32-20-24-13-7-4-8-14-24)27-19-29(26,22-33-27)18-17-23-11-5-3-6-12-23/h1,3-9,11-14,25-27H,2,10,15-22H2,(H,30,31)/t25-,26-,27-,29-/m1/s1. The van der Waals surface area contributed by atoms with Crippen molar-refractivity contribution in [3.05, 3.63) is 83.9 Å². The number of benzene rings is 2. The molecule has 4 nitrogen and oxygen atoms in total. The van der Waals surface area contributed by atoms with Gasteiger partial charge in [0.25, 0.3) is 0 Å². The SMILES string of the molecule is O=C(O)CCCC=CC[C@@H]1[C@@H](COCc2ccccc2)[C@H]2C[C@]1(CCc1ccccc1)CO2. The smallest absolute Gasteiger partial charge is 0.303 e. The van der Waals surface area contributed by atoms with E-state index in [1.54, 1.807) is 0 Å². The molecule has 4 atom stereocenters. The Labute approximate surface area is 197 Å². The molecule has 2 aromatic rings. The highest BCUT2D eigenvalue weighted by Gasteiger charge is 2.57. The maximum atomic E-state index is 10.8. The van der Waals surface area contributed by atoms with Gasteiger partial charge in [-0.1, -0.05) is 72.8 Å². The van der Waals surface area contributed by atoms with Crippen molar-refractivity contribution in [3.8, 4) is 0 Å². The van der Waals surface area contributed by atoms with Gasteiger partial charge in [-0.15, -0.1) is 0 Å². The number of carboxylic acids is 1. The van der Waals surface area contributed by atoms with Crippen LogP contribution < -0.4 is 0 Å². The average Bonchev–Trinajstić information content (AvgIpc) is 3.38. The van der Waals surface area contributed by atoms with Gasteiger partial charge in [-0.05, 0) is 55.6 Å². The number of ether oxygens (including phenoxy) is 2. The minimum absolute atomic E-state index is 0.201. The maximum absolute atomic E-state index is 10.8. The molecule has 2 aliphatic rings. The van der Waals surface area contributed by atoms with E-state index in [2.05, 4.69) is 66.7 Å². The van der Waals surface area contributed by atoms with Crippen LogP contribution in [0.25, 0.3) is 0 Å². The van der Waals surface area contributed by atoms with E-state index in [1.807, 2.05) is 6.07 Å². The highest BCUT2D eigenvalue weighted by atomic mass is 16.5. The number of carbonyl (C=O) groups is 1. The molecule has 2 aromatic carbocycles. The summed E-state index contributed by atoms with van der Waals surface area (Å²) in [4.78, 5) is 10.8. The number of aliphatic carboxylic acids is 1. The van der Waals surface area contributed by atoms with E-state index in [1.165, 1.54) is 11.1 Å². The van der Waals surface area contributed by atoms with E-state index < -0.39 is 5.97 Å². The van der Waals surface area contributed by atoms with Crippen molar-refractivity contribution >= 4 is 5.97 Å². The zero-order chi connectivity index (χ0) is 22.9. The van der Waals surface area contributed by atoms with Gasteiger partial charge in [0.1, 0.15) is 0 Å². The fraction of sp³-hybridized carbons (Fsp3) is 0.483. The average molecular weight is 449 g/mol. The lowest BCUT2D eigenvalue weighted by molar-refractivity contribution is -0.137. The minimum atomic E-state index is -0.718. The van der Waals surface area contributed by atoms with Crippen LogP contribution in [0.4, 0.5) is 0 Å². The number of rotatable bonds is 13. The van der Waals surface area contributed by atoms with Crippen molar-refractivity contribution in [3.63, 3.8) is 0 Å². The molecule has 0 radical (unpaired) electrons. The molecule has 1 aliphatic heterocycles. The first-order chi connectivity index (χ1) is 16.2. The van der Waals surface area contributed by atoms with E-state index >= 15 is 0 Å². The quantitative estimate of drug-likeness (QED) is 0.299. The molecule has 4 heteroatoms. The van der Waals surface area contributed by atoms with Crippen molar-refractivity contribution in [2.75, 3.05) is 13.2 Å². The van der Waals surface area contributed by atoms with Gasteiger partial charge in [-0.2, -0.15) is 0 Å². The Morgan fingerprint density at radius 2 is 1.79 bits per heavy atom. The lowest BCUT2D eigenvalue weighted by Gasteiger charge is -2.39. The molecule has 1 heterocycles. The molecular formula is C29H36O4. The summed E-state index contributed by atoms with van der Waals surface area (Å²) in [6.45, 7) is 2.21. The number of hydrogen-bond acceptors (Lipinski definition) is 3. The third-order valence-corrected chi connectivity index (χ3v) is 7.47. The molecule has 4 rings (SSSR count). The third-order valence-electron chi connectivity index (χ3n) is 7.47. The second-order valence-electron chi connectivity index (χ2n) is 9.67. The number of fused-ring (bicyclic) bond motifs is 2. The molecule has 0 amide bonds. The van der Waals surface area contributed by atoms with Crippen LogP contribution in [0.2, 0.25) is 0 Å². The van der Waals surface area contributed by atoms with Crippen molar-refractivity contribution < 1.29 is 19.4 Å². The number of aryl methyl sites for hydroxylation is 1. The van der Waals surface area contributed by atoms with Crippen LogP contribution in [0.15, 0.2) is 72.8 Å². The number of unbranched alkanes of at least 4 members (excludes halogenated alkanes) is 1. The molecule has 0 unspecified atom stereocenters. The first-order valence-corrected chi connectivity index (χ1v) is 12.3. The molecule has 1 N–H and O–H groups in total. The highest BCUT2D eigenvalue weighted by Crippen LogP contribution is 2.57. The summed E-state index contributed by atoms with van der Waals surface area (Å²) in [5.74, 6) is 0.220. The molecule has 0 aromatic heterocycles. The van der Waals surface area contributed by atoms with Crippen LogP contribution >= 0.6 is 0 Å². The topological polar surface area (TPSA) is 55.8 Å². The number of hydrogen-bond donors (Lipinski definition) is 1. The van der Waals surface area contributed by atoms with E-state index in [9.17, 15) is 4.79 Å². The Bertz CT molecular complexity index is 894. The molecule has 176 valence electrons. The molecule has 0 spiro atoms. The van der Waals surface area contributed by atoms with E-state index in [0.29, 0.717) is 24.9 Å². The van der Waals surface area contributed by atoms with Gasteiger partial charge in [0, 0.05) is 17.8 Å². The summed E-state index contributed by atoms with van der Waals surface area (Å²) in [7, 11) is 0. The Morgan fingerprint density at radius 1 is 1.06 bits per heavy atom. The van der Waals surface area contributed by atoms with Crippen LogP contribution in [0, 0.1) is 17.3 Å². The zero-order valence-corrected chi connectivity index (χ0v) is 19.4. The first-order valence-electron chi connectivity index (χ1n) is 12.3. The van der Waals surface area contributed by atoms with E-state index in [4.69, 9.17) is 14.6 Å². The Kier molecular flexibility index (Phi) is 8.35. The lowest BCUT2D eigenvalue weighted by Crippen LogP contribution is -2.38. The fourth-order valence-corrected chi connectivity index (χ4v) is 5.70. The monoisotopic (exact) mass is 448 g/mol. The molecule has 2 fully saturated rings. The first kappa shape index (κ1) is 23.7. The van der Waals surface area contributed by atoms with Crippen LogP contribution in [0.1, 0.15) is 49.7 Å². The minimum Gasteiger partial charge on any atom is -0.481 e. The molecule has 1 saturated heterocycles. The summed E-state index contributed by atoms with van der Waals surface area (Å²) in [5.41, 5.74) is 2.80. The number of allylic oxidation sites excluding steroid dienone is 2. The third kappa shape index (κ3) is 6.33. The summed E-state index contributed by atoms with van der Waals surface area (Å²) in [6.07, 6.45) is 10.8. The normalized spacial score (nSPS) is 26.2. The number of carboxylic acid groups (broad SMARTS) is 1. The second-order valence-corrected chi connectivity index (χ2v) is 9.67. The predicted molar refractivity (Wildman–Crippen MR) is 130 cm³/mol.